The molecule has 1 unspecified atom stereocenters. The first-order valence-electron chi connectivity index (χ1n) is 9.38. The molecule has 3 N–H and O–H groups in total. The number of thioether (sulfide) groups is 1. The zero-order valence-corrected chi connectivity index (χ0v) is 17.8. The smallest absolute Gasteiger partial charge is 0.257 e. The third kappa shape index (κ3) is 4.66. The molecule has 4 rings (SSSR count). The summed E-state index contributed by atoms with van der Waals surface area (Å²) in [5.41, 5.74) is -0.227. The van der Waals surface area contributed by atoms with Gasteiger partial charge in [0.05, 0.1) is 17.2 Å². The Morgan fingerprint density at radius 1 is 1.22 bits per heavy atom. The molecule has 1 atom stereocenters. The van der Waals surface area contributed by atoms with E-state index in [0.29, 0.717) is 10.8 Å². The second-order valence-electron chi connectivity index (χ2n) is 6.93. The molecule has 1 aliphatic heterocycles. The molecule has 1 aliphatic rings. The molecule has 7 nitrogen and oxygen atoms in total. The highest BCUT2D eigenvalue weighted by atomic mass is 35.5. The summed E-state index contributed by atoms with van der Waals surface area (Å²) in [6, 6.07) is 9.79. The van der Waals surface area contributed by atoms with Gasteiger partial charge >= 0.3 is 0 Å². The molecule has 0 spiro atoms. The predicted molar refractivity (Wildman–Crippen MR) is 117 cm³/mol. The monoisotopic (exact) mass is 476 g/mol. The van der Waals surface area contributed by atoms with E-state index in [-0.39, 0.29) is 28.6 Å². The van der Waals surface area contributed by atoms with Crippen molar-refractivity contribution in [3.63, 3.8) is 0 Å². The number of hydrogen-bond donors (Lipinski definition) is 3. The van der Waals surface area contributed by atoms with Crippen molar-refractivity contribution in [1.29, 1.82) is 0 Å². The van der Waals surface area contributed by atoms with E-state index in [1.807, 2.05) is 12.1 Å². The van der Waals surface area contributed by atoms with E-state index < -0.39 is 34.9 Å². The number of aromatic amines is 1. The van der Waals surface area contributed by atoms with Crippen molar-refractivity contribution in [3.05, 3.63) is 80.6 Å². The van der Waals surface area contributed by atoms with Crippen LogP contribution in [0.1, 0.15) is 23.5 Å². The van der Waals surface area contributed by atoms with Crippen LogP contribution in [0.3, 0.4) is 0 Å². The molecule has 32 heavy (non-hydrogen) atoms. The van der Waals surface area contributed by atoms with Crippen molar-refractivity contribution >= 4 is 46.7 Å². The summed E-state index contributed by atoms with van der Waals surface area (Å²) in [6.45, 7) is 0. The number of aromatic nitrogens is 2. The summed E-state index contributed by atoms with van der Waals surface area (Å²) in [6.07, 6.45) is -0.341. The third-order valence-electron chi connectivity index (χ3n) is 4.75. The Kier molecular flexibility index (Phi) is 6.24. The molecule has 0 saturated carbocycles. The number of nitrogens with zero attached hydrogens (tertiary/aromatic N) is 1. The van der Waals surface area contributed by atoms with Gasteiger partial charge < -0.3 is 15.6 Å². The number of rotatable bonds is 5. The fourth-order valence-electron chi connectivity index (χ4n) is 3.22. The first-order valence-corrected chi connectivity index (χ1v) is 10.7. The number of halogens is 3. The maximum atomic E-state index is 13.9. The highest BCUT2D eigenvalue weighted by Gasteiger charge is 2.35. The minimum Gasteiger partial charge on any atom is -0.323 e. The molecule has 0 saturated heterocycles. The quantitative estimate of drug-likeness (QED) is 0.380. The van der Waals surface area contributed by atoms with Crippen molar-refractivity contribution < 1.29 is 18.4 Å². The third-order valence-corrected chi connectivity index (χ3v) is 6.05. The summed E-state index contributed by atoms with van der Waals surface area (Å²) < 4.78 is 27.3. The Morgan fingerprint density at radius 2 is 2.00 bits per heavy atom. The molecule has 0 fully saturated rings. The van der Waals surface area contributed by atoms with Gasteiger partial charge in [0.25, 0.3) is 5.56 Å². The van der Waals surface area contributed by atoms with Gasteiger partial charge in [-0.1, -0.05) is 41.6 Å². The Labute approximate surface area is 189 Å². The highest BCUT2D eigenvalue weighted by Crippen LogP contribution is 2.32. The van der Waals surface area contributed by atoms with E-state index in [9.17, 15) is 23.2 Å². The Bertz CT molecular complexity index is 1280. The van der Waals surface area contributed by atoms with E-state index >= 15 is 0 Å². The van der Waals surface area contributed by atoms with Crippen LogP contribution in [0.5, 0.6) is 0 Å². The number of amides is 2. The van der Waals surface area contributed by atoms with Crippen molar-refractivity contribution in [3.8, 4) is 0 Å². The van der Waals surface area contributed by atoms with Gasteiger partial charge in [-0.2, -0.15) is 0 Å². The largest absolute Gasteiger partial charge is 0.323 e. The van der Waals surface area contributed by atoms with Crippen LogP contribution in [0.25, 0.3) is 0 Å². The fraction of sp³-hybridized carbons (Fsp3) is 0.143. The van der Waals surface area contributed by atoms with Crippen LogP contribution in [-0.4, -0.2) is 21.8 Å². The van der Waals surface area contributed by atoms with Crippen molar-refractivity contribution in [2.45, 2.75) is 23.2 Å². The molecule has 2 heterocycles. The van der Waals surface area contributed by atoms with Crippen LogP contribution in [0.4, 0.5) is 20.3 Å². The van der Waals surface area contributed by atoms with Crippen LogP contribution in [0.2, 0.25) is 5.02 Å². The minimum absolute atomic E-state index is 0.0495. The first-order chi connectivity index (χ1) is 15.3. The lowest BCUT2D eigenvalue weighted by molar-refractivity contribution is -0.123. The lowest BCUT2D eigenvalue weighted by Crippen LogP contribution is -2.36. The number of carbonyl (C=O) groups excluding carboxylic acids is 2. The molecule has 1 aromatic heterocycles. The van der Waals surface area contributed by atoms with Crippen molar-refractivity contribution in [1.82, 2.24) is 9.97 Å². The van der Waals surface area contributed by atoms with Gasteiger partial charge in [0.15, 0.2) is 5.16 Å². The Balaban J connectivity index is 1.60. The van der Waals surface area contributed by atoms with Gasteiger partial charge in [0.1, 0.15) is 17.5 Å². The number of nitrogens with one attached hydrogen (secondary N) is 3. The molecule has 0 bridgehead atoms. The molecule has 0 aliphatic carbocycles. The Hall–Kier alpha value is -3.24. The number of fused-ring (bicyclic) bond motifs is 1. The topological polar surface area (TPSA) is 104 Å². The van der Waals surface area contributed by atoms with Gasteiger partial charge in [0, 0.05) is 23.3 Å². The maximum Gasteiger partial charge on any atom is 0.257 e. The number of H-pyrrole nitrogens is 1. The zero-order valence-electron chi connectivity index (χ0n) is 16.2. The van der Waals surface area contributed by atoms with Crippen molar-refractivity contribution in [2.24, 2.45) is 0 Å². The number of benzene rings is 2. The first kappa shape index (κ1) is 22.0. The van der Waals surface area contributed by atoms with Gasteiger partial charge in [-0.3, -0.25) is 14.4 Å². The van der Waals surface area contributed by atoms with Crippen LogP contribution in [0, 0.1) is 11.6 Å². The SMILES string of the molecule is O=C1CC(C(=O)Nc2cc(F)ccc2F)c2c(nc(SCc3ccccc3Cl)[nH]c2=O)N1. The standard InChI is InChI=1S/C21H15ClF2N4O3S/c22-13-4-2-1-3-10(13)9-32-21-27-18-17(20(31)28-21)12(8-16(29)26-18)19(30)25-15-7-11(23)5-6-14(15)24/h1-7,12H,8-9H2,(H,25,30)(H2,26,27,28,29,31). The van der Waals surface area contributed by atoms with E-state index in [4.69, 9.17) is 11.6 Å². The van der Waals surface area contributed by atoms with E-state index in [2.05, 4.69) is 20.6 Å². The predicted octanol–water partition coefficient (Wildman–Crippen LogP) is 4.06. The normalized spacial score (nSPS) is 15.1. The number of carbonyl (C=O) groups is 2. The van der Waals surface area contributed by atoms with Crippen LogP contribution in [0.15, 0.2) is 52.4 Å². The molecular formula is C21H15ClF2N4O3S. The molecule has 0 radical (unpaired) electrons. The summed E-state index contributed by atoms with van der Waals surface area (Å²) in [7, 11) is 0. The second-order valence-corrected chi connectivity index (χ2v) is 8.30. The second kappa shape index (κ2) is 9.09. The minimum atomic E-state index is -1.22. The molecule has 2 amide bonds. The average molecular weight is 477 g/mol. The molecule has 164 valence electrons. The summed E-state index contributed by atoms with van der Waals surface area (Å²) >= 11 is 7.34. The highest BCUT2D eigenvalue weighted by molar-refractivity contribution is 7.98. The average Bonchev–Trinajstić information content (AvgIpc) is 2.75. The van der Waals surface area contributed by atoms with Gasteiger partial charge in [-0.05, 0) is 23.8 Å². The fourth-order valence-corrected chi connectivity index (χ4v) is 4.36. The number of anilines is 2. The summed E-state index contributed by atoms with van der Waals surface area (Å²) in [5.74, 6) is -3.81. The van der Waals surface area contributed by atoms with Gasteiger partial charge in [-0.25, -0.2) is 13.8 Å². The lowest BCUT2D eigenvalue weighted by atomic mass is 9.92. The van der Waals surface area contributed by atoms with E-state index in [1.165, 1.54) is 11.8 Å². The summed E-state index contributed by atoms with van der Waals surface area (Å²) in [5, 5.41) is 5.53. The van der Waals surface area contributed by atoms with Gasteiger partial charge in [0.2, 0.25) is 11.8 Å². The van der Waals surface area contributed by atoms with Crippen LogP contribution < -0.4 is 16.2 Å². The van der Waals surface area contributed by atoms with Crippen LogP contribution >= 0.6 is 23.4 Å². The lowest BCUT2D eigenvalue weighted by Gasteiger charge is -2.23. The van der Waals surface area contributed by atoms with Crippen molar-refractivity contribution in [2.75, 3.05) is 10.6 Å². The summed E-state index contributed by atoms with van der Waals surface area (Å²) in [4.78, 5) is 44.5. The molecule has 11 heteroatoms. The van der Waals surface area contributed by atoms with E-state index in [1.54, 1.807) is 12.1 Å². The van der Waals surface area contributed by atoms with E-state index in [0.717, 1.165) is 23.8 Å². The molecule has 2 aromatic carbocycles. The van der Waals surface area contributed by atoms with Gasteiger partial charge in [-0.15, -0.1) is 0 Å². The Morgan fingerprint density at radius 3 is 2.78 bits per heavy atom. The molecule has 3 aromatic rings. The molecular weight excluding hydrogens is 462 g/mol. The van der Waals surface area contributed by atoms with Crippen LogP contribution in [-0.2, 0) is 15.3 Å². The maximum absolute atomic E-state index is 13.9. The zero-order chi connectivity index (χ0) is 22.8. The number of hydrogen-bond acceptors (Lipinski definition) is 5.